The van der Waals surface area contributed by atoms with Crippen LogP contribution < -0.4 is 5.32 Å². The largest absolute Gasteiger partial charge is 0.480 e. The van der Waals surface area contributed by atoms with Gasteiger partial charge in [0.2, 0.25) is 0 Å². The number of carbonyl (C=O) groups is 2. The Balaban J connectivity index is 1.88. The van der Waals surface area contributed by atoms with Gasteiger partial charge in [-0.1, -0.05) is 39.8 Å². The highest BCUT2D eigenvalue weighted by Gasteiger charge is 2.27. The van der Waals surface area contributed by atoms with Gasteiger partial charge in [0.1, 0.15) is 0 Å². The van der Waals surface area contributed by atoms with Gasteiger partial charge in [-0.25, -0.2) is 4.79 Å². The predicted molar refractivity (Wildman–Crippen MR) is 108 cm³/mol. The van der Waals surface area contributed by atoms with Crippen LogP contribution in [0.15, 0.2) is 24.3 Å². The number of benzene rings is 1. The first-order chi connectivity index (χ1) is 12.8. The maximum atomic E-state index is 12.5. The van der Waals surface area contributed by atoms with E-state index >= 15 is 0 Å². The Morgan fingerprint density at radius 1 is 1.19 bits per heavy atom. The van der Waals surface area contributed by atoms with Crippen LogP contribution in [-0.2, 0) is 10.2 Å². The number of carboxylic acid groups (broad SMARTS) is 1. The van der Waals surface area contributed by atoms with Crippen molar-refractivity contribution in [1.29, 1.82) is 0 Å². The Hall–Kier alpha value is -2.08. The normalized spacial score (nSPS) is 15.8. The van der Waals surface area contributed by atoms with Crippen LogP contribution in [0.25, 0.3) is 0 Å². The number of piperidine rings is 1. The van der Waals surface area contributed by atoms with Crippen LogP contribution >= 0.6 is 0 Å². The van der Waals surface area contributed by atoms with E-state index in [9.17, 15) is 9.59 Å². The molecule has 1 heterocycles. The van der Waals surface area contributed by atoms with E-state index in [1.165, 1.54) is 5.56 Å². The molecule has 1 aliphatic rings. The van der Waals surface area contributed by atoms with Crippen molar-refractivity contribution in [2.75, 3.05) is 31.5 Å². The third kappa shape index (κ3) is 5.70. The van der Waals surface area contributed by atoms with E-state index in [1.807, 2.05) is 28.9 Å². The SMILES string of the molecule is CCN(CC(=O)O)C1CCN(C(=O)Nc2ccc(C(C)(C)CC)cc2)CC1. The highest BCUT2D eigenvalue weighted by molar-refractivity contribution is 5.89. The molecule has 0 spiro atoms. The lowest BCUT2D eigenvalue weighted by Crippen LogP contribution is -2.49. The van der Waals surface area contributed by atoms with E-state index in [0.717, 1.165) is 24.9 Å². The smallest absolute Gasteiger partial charge is 0.321 e. The minimum atomic E-state index is -0.799. The van der Waals surface area contributed by atoms with Gasteiger partial charge in [-0.3, -0.25) is 9.69 Å². The summed E-state index contributed by atoms with van der Waals surface area (Å²) in [5.74, 6) is -0.799. The summed E-state index contributed by atoms with van der Waals surface area (Å²) in [5, 5.41) is 12.0. The fourth-order valence-electron chi connectivity index (χ4n) is 3.52. The Morgan fingerprint density at radius 2 is 1.78 bits per heavy atom. The Bertz CT molecular complexity index is 635. The number of carbonyl (C=O) groups excluding carboxylic acids is 1. The van der Waals surface area contributed by atoms with Crippen LogP contribution in [0.5, 0.6) is 0 Å². The van der Waals surface area contributed by atoms with Gasteiger partial charge in [0, 0.05) is 24.8 Å². The molecule has 1 fully saturated rings. The van der Waals surface area contributed by atoms with Crippen LogP contribution in [0.2, 0.25) is 0 Å². The van der Waals surface area contributed by atoms with E-state index in [-0.39, 0.29) is 24.0 Å². The van der Waals surface area contributed by atoms with E-state index in [0.29, 0.717) is 19.6 Å². The standard InChI is InChI=1S/C21H33N3O3/c1-5-21(3,4)16-7-9-17(10-8-16)22-20(27)24-13-11-18(12-14-24)23(6-2)15-19(25)26/h7-10,18H,5-6,11-15H2,1-4H3,(H,22,27)(H,25,26). The molecular weight excluding hydrogens is 342 g/mol. The summed E-state index contributed by atoms with van der Waals surface area (Å²) in [6.45, 7) is 10.7. The molecule has 6 heteroatoms. The molecule has 0 aromatic heterocycles. The number of carboxylic acids is 1. The lowest BCUT2D eigenvalue weighted by molar-refractivity contribution is -0.139. The first-order valence-electron chi connectivity index (χ1n) is 9.89. The molecule has 1 aromatic carbocycles. The van der Waals surface area contributed by atoms with Gasteiger partial charge in [-0.2, -0.15) is 0 Å². The van der Waals surface area contributed by atoms with Gasteiger partial charge in [-0.15, -0.1) is 0 Å². The van der Waals surface area contributed by atoms with Crippen molar-refractivity contribution < 1.29 is 14.7 Å². The van der Waals surface area contributed by atoms with E-state index in [1.54, 1.807) is 0 Å². The highest BCUT2D eigenvalue weighted by atomic mass is 16.4. The molecule has 2 N–H and O–H groups in total. The van der Waals surface area contributed by atoms with Crippen LogP contribution in [0.4, 0.5) is 10.5 Å². The van der Waals surface area contributed by atoms with Gasteiger partial charge in [-0.05, 0) is 48.9 Å². The summed E-state index contributed by atoms with van der Waals surface area (Å²) < 4.78 is 0. The highest BCUT2D eigenvalue weighted by Crippen LogP contribution is 2.27. The summed E-state index contributed by atoms with van der Waals surface area (Å²) in [4.78, 5) is 27.3. The number of likely N-dealkylation sites (tertiary alicyclic amines) is 1. The second-order valence-corrected chi connectivity index (χ2v) is 7.92. The van der Waals surface area contributed by atoms with Gasteiger partial charge in [0.05, 0.1) is 6.54 Å². The maximum Gasteiger partial charge on any atom is 0.321 e. The molecule has 2 rings (SSSR count). The van der Waals surface area contributed by atoms with Crippen molar-refractivity contribution in [3.05, 3.63) is 29.8 Å². The number of anilines is 1. The number of rotatable bonds is 7. The van der Waals surface area contributed by atoms with Crippen LogP contribution in [-0.4, -0.2) is 59.1 Å². The number of hydrogen-bond donors (Lipinski definition) is 2. The number of likely N-dealkylation sites (N-methyl/N-ethyl adjacent to an activating group) is 1. The Kier molecular flexibility index (Phi) is 7.25. The van der Waals surface area contributed by atoms with Gasteiger partial charge >= 0.3 is 12.0 Å². The molecule has 0 atom stereocenters. The topological polar surface area (TPSA) is 72.9 Å². The summed E-state index contributed by atoms with van der Waals surface area (Å²) >= 11 is 0. The first-order valence-corrected chi connectivity index (χ1v) is 9.89. The van der Waals surface area contributed by atoms with Crippen LogP contribution in [0, 0.1) is 0 Å². The monoisotopic (exact) mass is 375 g/mol. The molecule has 0 aliphatic carbocycles. The fraction of sp³-hybridized carbons (Fsp3) is 0.619. The number of aliphatic carboxylic acids is 1. The molecule has 6 nitrogen and oxygen atoms in total. The first kappa shape index (κ1) is 21.2. The van der Waals surface area contributed by atoms with Crippen molar-refractivity contribution in [2.24, 2.45) is 0 Å². The van der Waals surface area contributed by atoms with Crippen molar-refractivity contribution in [1.82, 2.24) is 9.80 Å². The number of amides is 2. The zero-order valence-corrected chi connectivity index (χ0v) is 17.0. The molecule has 150 valence electrons. The molecule has 0 bridgehead atoms. The van der Waals surface area contributed by atoms with Crippen molar-refractivity contribution in [3.8, 4) is 0 Å². The second kappa shape index (κ2) is 9.22. The molecule has 1 saturated heterocycles. The molecule has 1 aromatic rings. The van der Waals surface area contributed by atoms with E-state index in [2.05, 4.69) is 38.2 Å². The average Bonchev–Trinajstić information content (AvgIpc) is 2.66. The Labute approximate surface area is 162 Å². The molecule has 0 radical (unpaired) electrons. The summed E-state index contributed by atoms with van der Waals surface area (Å²) in [6, 6.07) is 8.22. The van der Waals surface area contributed by atoms with Gasteiger partial charge in [0.15, 0.2) is 0 Å². The summed E-state index contributed by atoms with van der Waals surface area (Å²) in [6.07, 6.45) is 2.67. The molecule has 27 heavy (non-hydrogen) atoms. The Morgan fingerprint density at radius 3 is 2.26 bits per heavy atom. The number of nitrogens with zero attached hydrogens (tertiary/aromatic N) is 2. The molecular formula is C21H33N3O3. The third-order valence-corrected chi connectivity index (χ3v) is 5.81. The minimum absolute atomic E-state index is 0.0633. The van der Waals surface area contributed by atoms with E-state index in [4.69, 9.17) is 5.11 Å². The zero-order valence-electron chi connectivity index (χ0n) is 17.0. The van der Waals surface area contributed by atoms with E-state index < -0.39 is 5.97 Å². The number of hydrogen-bond acceptors (Lipinski definition) is 3. The summed E-state index contributed by atoms with van der Waals surface area (Å²) in [7, 11) is 0. The summed E-state index contributed by atoms with van der Waals surface area (Å²) in [5.41, 5.74) is 2.20. The molecule has 0 unspecified atom stereocenters. The third-order valence-electron chi connectivity index (χ3n) is 5.81. The lowest BCUT2D eigenvalue weighted by Gasteiger charge is -2.37. The van der Waals surface area contributed by atoms with Crippen molar-refractivity contribution in [2.45, 2.75) is 58.4 Å². The van der Waals surface area contributed by atoms with Gasteiger partial charge < -0.3 is 15.3 Å². The molecule has 0 saturated carbocycles. The second-order valence-electron chi connectivity index (χ2n) is 7.92. The fourth-order valence-corrected chi connectivity index (χ4v) is 3.52. The lowest BCUT2D eigenvalue weighted by atomic mass is 9.82. The van der Waals surface area contributed by atoms with Crippen LogP contribution in [0.1, 0.15) is 52.5 Å². The van der Waals surface area contributed by atoms with Crippen molar-refractivity contribution in [3.63, 3.8) is 0 Å². The number of nitrogens with one attached hydrogen (secondary N) is 1. The quantitative estimate of drug-likeness (QED) is 0.761. The predicted octanol–water partition coefficient (Wildman–Crippen LogP) is 3.78. The molecule has 1 aliphatic heterocycles. The van der Waals surface area contributed by atoms with Crippen molar-refractivity contribution >= 4 is 17.7 Å². The molecule has 2 amide bonds. The van der Waals surface area contributed by atoms with Gasteiger partial charge in [0.25, 0.3) is 0 Å². The maximum absolute atomic E-state index is 12.5. The zero-order chi connectivity index (χ0) is 20.0. The number of urea groups is 1. The average molecular weight is 376 g/mol. The van der Waals surface area contributed by atoms with Crippen LogP contribution in [0.3, 0.4) is 0 Å². The minimum Gasteiger partial charge on any atom is -0.480 e.